The lowest BCUT2D eigenvalue weighted by molar-refractivity contribution is -0.0980. The van der Waals surface area contributed by atoms with Gasteiger partial charge in [0, 0.05) is 36.0 Å². The highest BCUT2D eigenvalue weighted by molar-refractivity contribution is 6.11. The number of halogens is 1. The maximum atomic E-state index is 13.8. The Labute approximate surface area is 223 Å². The topological polar surface area (TPSA) is 122 Å². The van der Waals surface area contributed by atoms with E-state index >= 15 is 0 Å². The molecule has 9 nitrogen and oxygen atoms in total. The fourth-order valence-corrected chi connectivity index (χ4v) is 3.99. The highest BCUT2D eigenvalue weighted by Crippen LogP contribution is 2.30. The molecule has 0 saturated heterocycles. The van der Waals surface area contributed by atoms with E-state index in [1.165, 1.54) is 31.2 Å². The number of pyridine rings is 2. The average Bonchev–Trinajstić information content (AvgIpc) is 3.71. The fraction of sp³-hybridized carbons (Fsp3) is 0.138. The van der Waals surface area contributed by atoms with E-state index in [0.717, 1.165) is 34.8 Å². The molecule has 5 aromatic rings. The number of carbonyl (C=O) groups is 2. The zero-order valence-corrected chi connectivity index (χ0v) is 20.9. The Morgan fingerprint density at radius 2 is 1.85 bits per heavy atom. The number of hydrogen-bond acceptors (Lipinski definition) is 7. The second-order valence-corrected chi connectivity index (χ2v) is 8.99. The zero-order valence-electron chi connectivity index (χ0n) is 20.9. The van der Waals surface area contributed by atoms with Gasteiger partial charge in [0.05, 0.1) is 23.1 Å². The van der Waals surface area contributed by atoms with E-state index in [1.54, 1.807) is 30.5 Å². The molecule has 1 saturated carbocycles. The molecule has 3 aromatic heterocycles. The van der Waals surface area contributed by atoms with Crippen LogP contribution in [0, 0.1) is 11.7 Å². The number of benzene rings is 2. The minimum Gasteiger partial charge on any atom is -0.436 e. The van der Waals surface area contributed by atoms with Gasteiger partial charge in [-0.25, -0.2) is 9.37 Å². The number of ether oxygens (including phenoxy) is 1. The molecule has 0 bridgehead atoms. The van der Waals surface area contributed by atoms with Crippen molar-refractivity contribution in [2.45, 2.75) is 12.8 Å². The third-order valence-corrected chi connectivity index (χ3v) is 6.19. The normalized spacial score (nSPS) is 12.3. The number of aromatic amines is 1. The molecule has 10 heteroatoms. The van der Waals surface area contributed by atoms with Crippen LogP contribution in [-0.2, 0) is 4.79 Å². The van der Waals surface area contributed by atoms with Gasteiger partial charge in [-0.05, 0) is 60.7 Å². The molecule has 0 radical (unpaired) electrons. The van der Waals surface area contributed by atoms with Crippen LogP contribution in [0.4, 0.5) is 15.8 Å². The molecular formula is C29H25FN6O3. The largest absolute Gasteiger partial charge is 0.436 e. The number of para-hydroxylation sites is 1. The Morgan fingerprint density at radius 1 is 1.00 bits per heavy atom. The molecular weight excluding hydrogens is 499 g/mol. The minimum absolute atomic E-state index is 0.0741. The number of aromatic nitrogens is 4. The van der Waals surface area contributed by atoms with Gasteiger partial charge in [0.15, 0.2) is 17.3 Å². The van der Waals surface area contributed by atoms with Gasteiger partial charge in [-0.2, -0.15) is 5.10 Å². The summed E-state index contributed by atoms with van der Waals surface area (Å²) >= 11 is 0. The van der Waals surface area contributed by atoms with Crippen molar-refractivity contribution in [3.05, 3.63) is 90.8 Å². The van der Waals surface area contributed by atoms with Crippen molar-refractivity contribution in [2.75, 3.05) is 17.2 Å². The summed E-state index contributed by atoms with van der Waals surface area (Å²) in [6.45, 7) is 2.96. The van der Waals surface area contributed by atoms with Crippen LogP contribution in [-0.4, -0.2) is 39.4 Å². The lowest BCUT2D eigenvalue weighted by Crippen LogP contribution is -2.13. The summed E-state index contributed by atoms with van der Waals surface area (Å²) in [5.74, 6) is 0.178. The second kappa shape index (κ2) is 11.5. The molecule has 196 valence electrons. The second-order valence-electron chi connectivity index (χ2n) is 8.99. The van der Waals surface area contributed by atoms with Gasteiger partial charge >= 0.3 is 0 Å². The van der Waals surface area contributed by atoms with Crippen molar-refractivity contribution in [1.82, 2.24) is 20.2 Å². The number of anilines is 2. The molecule has 0 spiro atoms. The first kappa shape index (κ1) is 25.5. The van der Waals surface area contributed by atoms with E-state index in [-0.39, 0.29) is 23.2 Å². The Kier molecular flexibility index (Phi) is 7.53. The van der Waals surface area contributed by atoms with Gasteiger partial charge in [0.25, 0.3) is 5.91 Å². The summed E-state index contributed by atoms with van der Waals surface area (Å²) < 4.78 is 19.3. The number of fused-ring (bicyclic) bond motifs is 1. The standard InChI is InChI=1S/C28H23FN6O2.CH2O/c29-23-3-1-2-4-25(23)37-26-10-8-20(16-32-26)33-28(36)27-22-12-18(7-9-24(22)34-35-27)19-11-21(15-30-14-19)31-13-17-5-6-17;1-2/h1-4,7-12,14-17,31H,5-6,13H2,(H,33,36)(H,34,35);1H2. The average molecular weight is 525 g/mol. The van der Waals surface area contributed by atoms with Crippen molar-refractivity contribution in [3.63, 3.8) is 0 Å². The Morgan fingerprint density at radius 3 is 2.62 bits per heavy atom. The SMILES string of the molecule is C=O.O=C(Nc1ccc(Oc2ccccc2F)nc1)c1n[nH]c2ccc(-c3cncc(NCC4CC4)c3)cc12. The van der Waals surface area contributed by atoms with Crippen molar-refractivity contribution >= 4 is 35.0 Å². The molecule has 0 aliphatic heterocycles. The van der Waals surface area contributed by atoms with Crippen LogP contribution in [0.1, 0.15) is 23.3 Å². The lowest BCUT2D eigenvalue weighted by atomic mass is 10.0. The predicted molar refractivity (Wildman–Crippen MR) is 146 cm³/mol. The number of nitrogens with one attached hydrogen (secondary N) is 3. The van der Waals surface area contributed by atoms with E-state index < -0.39 is 5.82 Å². The number of nitrogens with zero attached hydrogens (tertiary/aromatic N) is 3. The molecule has 3 N–H and O–H groups in total. The van der Waals surface area contributed by atoms with E-state index in [2.05, 4.69) is 36.9 Å². The maximum Gasteiger partial charge on any atom is 0.276 e. The molecule has 1 aliphatic carbocycles. The summed E-state index contributed by atoms with van der Waals surface area (Å²) in [7, 11) is 0. The zero-order chi connectivity index (χ0) is 27.2. The van der Waals surface area contributed by atoms with Gasteiger partial charge in [-0.3, -0.25) is 14.9 Å². The molecule has 39 heavy (non-hydrogen) atoms. The van der Waals surface area contributed by atoms with Crippen LogP contribution in [0.2, 0.25) is 0 Å². The van der Waals surface area contributed by atoms with Gasteiger partial charge in [-0.1, -0.05) is 18.2 Å². The van der Waals surface area contributed by atoms with Crippen LogP contribution in [0.5, 0.6) is 11.6 Å². The minimum atomic E-state index is -0.483. The third-order valence-electron chi connectivity index (χ3n) is 6.19. The summed E-state index contributed by atoms with van der Waals surface area (Å²) in [6.07, 6.45) is 7.63. The number of H-pyrrole nitrogens is 1. The molecule has 0 atom stereocenters. The third kappa shape index (κ3) is 6.07. The summed E-state index contributed by atoms with van der Waals surface area (Å²) in [5.41, 5.74) is 4.32. The smallest absolute Gasteiger partial charge is 0.276 e. The quantitative estimate of drug-likeness (QED) is 0.233. The van der Waals surface area contributed by atoms with E-state index in [1.807, 2.05) is 31.2 Å². The Hall–Kier alpha value is -5.12. The fourth-order valence-electron chi connectivity index (χ4n) is 3.99. The van der Waals surface area contributed by atoms with Crippen molar-refractivity contribution in [3.8, 4) is 22.8 Å². The van der Waals surface area contributed by atoms with Crippen LogP contribution < -0.4 is 15.4 Å². The van der Waals surface area contributed by atoms with Crippen LogP contribution in [0.25, 0.3) is 22.0 Å². The van der Waals surface area contributed by atoms with Gasteiger partial charge in [-0.15, -0.1) is 0 Å². The van der Waals surface area contributed by atoms with Crippen molar-refractivity contribution in [1.29, 1.82) is 0 Å². The first-order valence-corrected chi connectivity index (χ1v) is 12.3. The molecule has 3 heterocycles. The highest BCUT2D eigenvalue weighted by Gasteiger charge is 2.20. The molecule has 0 unspecified atom stereocenters. The van der Waals surface area contributed by atoms with Crippen molar-refractivity contribution < 1.29 is 18.7 Å². The van der Waals surface area contributed by atoms with Crippen molar-refractivity contribution in [2.24, 2.45) is 5.92 Å². The lowest BCUT2D eigenvalue weighted by Gasteiger charge is -2.08. The summed E-state index contributed by atoms with van der Waals surface area (Å²) in [6, 6.07) is 17.1. The van der Waals surface area contributed by atoms with Gasteiger partial charge in [0.2, 0.25) is 5.88 Å². The maximum absolute atomic E-state index is 13.8. The molecule has 2 aromatic carbocycles. The Bertz CT molecular complexity index is 1600. The van der Waals surface area contributed by atoms with E-state index in [9.17, 15) is 9.18 Å². The van der Waals surface area contributed by atoms with Crippen LogP contribution in [0.3, 0.4) is 0 Å². The van der Waals surface area contributed by atoms with E-state index in [0.29, 0.717) is 11.1 Å². The highest BCUT2D eigenvalue weighted by atomic mass is 19.1. The molecule has 6 rings (SSSR count). The van der Waals surface area contributed by atoms with E-state index in [4.69, 9.17) is 9.53 Å². The van der Waals surface area contributed by atoms with Crippen LogP contribution >= 0.6 is 0 Å². The van der Waals surface area contributed by atoms with Crippen LogP contribution in [0.15, 0.2) is 79.3 Å². The number of carbonyl (C=O) groups excluding carboxylic acids is 2. The Balaban J connectivity index is 0.00000151. The number of amides is 1. The monoisotopic (exact) mass is 524 g/mol. The molecule has 1 fully saturated rings. The number of hydrogen-bond donors (Lipinski definition) is 3. The predicted octanol–water partition coefficient (Wildman–Crippen LogP) is 5.84. The molecule has 1 aliphatic rings. The first-order chi connectivity index (χ1) is 19.1. The molecule has 1 amide bonds. The summed E-state index contributed by atoms with van der Waals surface area (Å²) in [5, 5.41) is 14.1. The summed E-state index contributed by atoms with van der Waals surface area (Å²) in [4.78, 5) is 29.6. The van der Waals surface area contributed by atoms with Gasteiger partial charge in [0.1, 0.15) is 6.79 Å². The van der Waals surface area contributed by atoms with Gasteiger partial charge < -0.3 is 20.2 Å². The number of rotatable bonds is 8. The first-order valence-electron chi connectivity index (χ1n) is 12.3.